The highest BCUT2D eigenvalue weighted by Gasteiger charge is 2.36. The van der Waals surface area contributed by atoms with Crippen LogP contribution < -0.4 is 4.90 Å². The minimum atomic E-state index is -0.365. The molecule has 0 aromatic heterocycles. The van der Waals surface area contributed by atoms with E-state index in [0.717, 1.165) is 11.1 Å². The molecule has 0 radical (unpaired) electrons. The van der Waals surface area contributed by atoms with Crippen LogP contribution in [0.4, 0.5) is 5.69 Å². The molecule has 0 aliphatic carbocycles. The molecule has 0 N–H and O–H groups in total. The van der Waals surface area contributed by atoms with E-state index >= 15 is 0 Å². The number of ether oxygens (including phenoxy) is 1. The predicted octanol–water partition coefficient (Wildman–Crippen LogP) is 3.87. The summed E-state index contributed by atoms with van der Waals surface area (Å²) in [6, 6.07) is 12.7. The molecule has 0 spiro atoms. The highest BCUT2D eigenvalue weighted by atomic mass is 16.5. The molecule has 24 heavy (non-hydrogen) atoms. The fraction of sp³-hybridized carbons (Fsp3) is 0.200. The summed E-state index contributed by atoms with van der Waals surface area (Å²) >= 11 is 0. The Morgan fingerprint density at radius 1 is 0.958 bits per heavy atom. The van der Waals surface area contributed by atoms with Crippen LogP contribution in [-0.2, 0) is 9.53 Å². The second-order valence-corrected chi connectivity index (χ2v) is 5.75. The molecule has 0 saturated heterocycles. The third kappa shape index (κ3) is 2.60. The van der Waals surface area contributed by atoms with Crippen molar-refractivity contribution in [3.8, 4) is 0 Å². The van der Waals surface area contributed by atoms with Crippen molar-refractivity contribution < 1.29 is 14.3 Å². The maximum absolute atomic E-state index is 13.0. The van der Waals surface area contributed by atoms with E-state index in [1.807, 2.05) is 39.0 Å². The van der Waals surface area contributed by atoms with E-state index in [-0.39, 0.29) is 11.8 Å². The Labute approximate surface area is 141 Å². The van der Waals surface area contributed by atoms with Crippen LogP contribution in [0.2, 0.25) is 0 Å². The molecule has 3 rings (SSSR count). The summed E-state index contributed by atoms with van der Waals surface area (Å²) in [5.41, 5.74) is 4.22. The van der Waals surface area contributed by atoms with Gasteiger partial charge in [0.1, 0.15) is 0 Å². The smallest absolute Gasteiger partial charge is 0.269 e. The molecule has 1 heterocycles. The molecule has 1 aliphatic rings. The van der Waals surface area contributed by atoms with Crippen molar-refractivity contribution in [2.75, 3.05) is 11.5 Å². The van der Waals surface area contributed by atoms with E-state index in [2.05, 4.69) is 0 Å². The number of amides is 2. The van der Waals surface area contributed by atoms with Crippen LogP contribution in [0.15, 0.2) is 48.7 Å². The Balaban J connectivity index is 2.16. The molecule has 2 amide bonds. The Morgan fingerprint density at radius 2 is 1.67 bits per heavy atom. The van der Waals surface area contributed by atoms with Gasteiger partial charge in [-0.2, -0.15) is 0 Å². The molecule has 122 valence electrons. The average Bonchev–Trinajstić information content (AvgIpc) is 2.58. The normalized spacial score (nSPS) is 15.6. The third-order valence-electron chi connectivity index (χ3n) is 4.20. The molecule has 0 fully saturated rings. The van der Waals surface area contributed by atoms with Gasteiger partial charge in [0.25, 0.3) is 11.8 Å². The van der Waals surface area contributed by atoms with Crippen molar-refractivity contribution in [2.24, 2.45) is 0 Å². The third-order valence-corrected chi connectivity index (χ3v) is 4.20. The van der Waals surface area contributed by atoms with Crippen LogP contribution in [0.1, 0.15) is 34.0 Å². The van der Waals surface area contributed by atoms with Gasteiger partial charge in [-0.1, -0.05) is 24.3 Å². The summed E-state index contributed by atoms with van der Waals surface area (Å²) in [6.07, 6.45) is 1.45. The molecule has 1 aliphatic heterocycles. The Kier molecular flexibility index (Phi) is 4.21. The zero-order chi connectivity index (χ0) is 17.3. The number of anilines is 1. The zero-order valence-electron chi connectivity index (χ0n) is 14.0. The molecule has 0 unspecified atom stereocenters. The molecular weight excluding hydrogens is 302 g/mol. The van der Waals surface area contributed by atoms with Crippen LogP contribution in [0.5, 0.6) is 0 Å². The van der Waals surface area contributed by atoms with E-state index in [1.54, 1.807) is 24.3 Å². The molecular formula is C20H19NO3. The number of nitrogens with zero attached hydrogens (tertiary/aromatic N) is 1. The lowest BCUT2D eigenvalue weighted by Gasteiger charge is -2.28. The van der Waals surface area contributed by atoms with E-state index in [4.69, 9.17) is 4.74 Å². The lowest BCUT2D eigenvalue weighted by Crippen LogP contribution is -2.42. The fourth-order valence-electron chi connectivity index (χ4n) is 2.73. The topological polar surface area (TPSA) is 46.6 Å². The van der Waals surface area contributed by atoms with E-state index < -0.39 is 0 Å². The molecule has 4 heteroatoms. The summed E-state index contributed by atoms with van der Waals surface area (Å²) in [7, 11) is 0. The van der Waals surface area contributed by atoms with Gasteiger partial charge >= 0.3 is 0 Å². The van der Waals surface area contributed by atoms with Gasteiger partial charge in [-0.05, 0) is 50.1 Å². The number of fused-ring (bicyclic) bond motifs is 1. The second-order valence-electron chi connectivity index (χ2n) is 5.75. The van der Waals surface area contributed by atoms with Gasteiger partial charge < -0.3 is 4.74 Å². The first-order valence-corrected chi connectivity index (χ1v) is 7.91. The first-order chi connectivity index (χ1) is 11.5. The van der Waals surface area contributed by atoms with Gasteiger partial charge in [-0.25, -0.2) is 4.90 Å². The van der Waals surface area contributed by atoms with Gasteiger partial charge in [-0.3, -0.25) is 9.59 Å². The van der Waals surface area contributed by atoms with Crippen LogP contribution >= 0.6 is 0 Å². The Bertz CT molecular complexity index is 852. The Hall–Kier alpha value is -2.88. The highest BCUT2D eigenvalue weighted by Crippen LogP contribution is 2.32. The van der Waals surface area contributed by atoms with Crippen molar-refractivity contribution in [3.63, 3.8) is 0 Å². The lowest BCUT2D eigenvalue weighted by atomic mass is 9.93. The molecule has 0 bridgehead atoms. The molecule has 4 nitrogen and oxygen atoms in total. The number of benzene rings is 2. The monoisotopic (exact) mass is 321 g/mol. The number of rotatable bonds is 3. The van der Waals surface area contributed by atoms with Crippen molar-refractivity contribution in [3.05, 3.63) is 71.0 Å². The number of hydrogen-bond acceptors (Lipinski definition) is 3. The van der Waals surface area contributed by atoms with Gasteiger partial charge in [-0.15, -0.1) is 0 Å². The summed E-state index contributed by atoms with van der Waals surface area (Å²) < 4.78 is 5.34. The number of aryl methyl sites for hydroxylation is 2. The average molecular weight is 321 g/mol. The minimum absolute atomic E-state index is 0.312. The van der Waals surface area contributed by atoms with E-state index in [1.165, 1.54) is 11.2 Å². The maximum Gasteiger partial charge on any atom is 0.269 e. The number of imide groups is 1. The largest absolute Gasteiger partial charge is 0.501 e. The van der Waals surface area contributed by atoms with E-state index in [9.17, 15) is 9.59 Å². The summed E-state index contributed by atoms with van der Waals surface area (Å²) in [5.74, 6) is -0.678. The van der Waals surface area contributed by atoms with Gasteiger partial charge in [0.15, 0.2) is 0 Å². The minimum Gasteiger partial charge on any atom is -0.501 e. The number of carbonyl (C=O) groups excluding carboxylic acids is 2. The van der Waals surface area contributed by atoms with Crippen LogP contribution in [0, 0.1) is 13.8 Å². The number of hydrogen-bond donors (Lipinski definition) is 0. The van der Waals surface area contributed by atoms with E-state index in [0.29, 0.717) is 29.0 Å². The van der Waals surface area contributed by atoms with Crippen molar-refractivity contribution in [2.45, 2.75) is 20.8 Å². The summed E-state index contributed by atoms with van der Waals surface area (Å²) in [4.78, 5) is 27.1. The maximum atomic E-state index is 13.0. The quantitative estimate of drug-likeness (QED) is 0.490. The van der Waals surface area contributed by atoms with Crippen molar-refractivity contribution in [1.82, 2.24) is 0 Å². The van der Waals surface area contributed by atoms with Gasteiger partial charge in [0.05, 0.1) is 24.1 Å². The molecule has 0 saturated carbocycles. The van der Waals surface area contributed by atoms with Crippen molar-refractivity contribution >= 4 is 23.1 Å². The van der Waals surface area contributed by atoms with Gasteiger partial charge in [0, 0.05) is 11.1 Å². The van der Waals surface area contributed by atoms with Crippen LogP contribution in [0.3, 0.4) is 0 Å². The summed E-state index contributed by atoms with van der Waals surface area (Å²) in [5, 5.41) is 0. The Morgan fingerprint density at radius 3 is 2.33 bits per heavy atom. The summed E-state index contributed by atoms with van der Waals surface area (Å²) in [6.45, 7) is 6.26. The van der Waals surface area contributed by atoms with Crippen LogP contribution in [-0.4, -0.2) is 18.4 Å². The lowest BCUT2D eigenvalue weighted by molar-refractivity contribution is -0.113. The zero-order valence-corrected chi connectivity index (χ0v) is 14.0. The predicted molar refractivity (Wildman–Crippen MR) is 93.8 cm³/mol. The van der Waals surface area contributed by atoms with Crippen LogP contribution in [0.25, 0.3) is 5.57 Å². The molecule has 0 atom stereocenters. The van der Waals surface area contributed by atoms with Gasteiger partial charge in [0.2, 0.25) is 0 Å². The first kappa shape index (κ1) is 16.0. The van der Waals surface area contributed by atoms with Crippen molar-refractivity contribution in [1.29, 1.82) is 0 Å². The SMILES string of the molecule is CCOC=C1C(=O)N(c2ccc(C)c(C)c2)C(=O)c2ccccc21. The fourth-order valence-corrected chi connectivity index (χ4v) is 2.73. The number of carbonyl (C=O) groups is 2. The second kappa shape index (κ2) is 6.32. The first-order valence-electron chi connectivity index (χ1n) is 7.91. The standard InChI is InChI=1S/C20H19NO3/c1-4-24-12-18-16-7-5-6-8-17(16)19(22)21(20(18)23)15-10-9-13(2)14(3)11-15/h5-12H,4H2,1-3H3. The molecule has 2 aromatic carbocycles. The highest BCUT2D eigenvalue weighted by molar-refractivity contribution is 6.40. The molecule has 2 aromatic rings.